The van der Waals surface area contributed by atoms with Crippen LogP contribution in [-0.2, 0) is 27.8 Å². The molecule has 0 spiro atoms. The van der Waals surface area contributed by atoms with Crippen LogP contribution < -0.4 is 21.1 Å². The highest BCUT2D eigenvalue weighted by molar-refractivity contribution is 6.08. The largest absolute Gasteiger partial charge is 0.377 e. The number of carbonyl (C=O) groups excluding carboxylic acids is 3. The topological polar surface area (TPSA) is 113 Å². The lowest BCUT2D eigenvalue weighted by Crippen LogP contribution is -2.49. The molecule has 42 heavy (non-hydrogen) atoms. The van der Waals surface area contributed by atoms with Gasteiger partial charge in [-0.3, -0.25) is 28.6 Å². The Morgan fingerprint density at radius 2 is 1.81 bits per heavy atom. The van der Waals surface area contributed by atoms with Crippen molar-refractivity contribution < 1.29 is 23.5 Å². The third kappa shape index (κ3) is 6.85. The Morgan fingerprint density at radius 1 is 1.12 bits per heavy atom. The van der Waals surface area contributed by atoms with E-state index in [-0.39, 0.29) is 46.7 Å². The molecule has 1 aromatic heterocycles. The fourth-order valence-corrected chi connectivity index (χ4v) is 4.49. The van der Waals surface area contributed by atoms with Gasteiger partial charge in [-0.25, -0.2) is 4.39 Å². The standard InChI is InChI=1S/C29H32FN5O5.C2H6/c1-17-9-10-23(22(30)11-17)32-27-25(29(39)33(3)4)26(18(2)28(38)34(27)5)35(16-36)21-8-6-7-19(12-21)13-24(37)31-20-14-40-15-20;1-2/h6-12,16,20,32H,13-15H2,1-5H3,(H,31,37);1-2H3. The average molecular weight is 580 g/mol. The maximum Gasteiger partial charge on any atom is 0.259 e. The number of aromatic nitrogens is 1. The van der Waals surface area contributed by atoms with E-state index in [0.717, 1.165) is 0 Å². The zero-order chi connectivity index (χ0) is 31.1. The van der Waals surface area contributed by atoms with Crippen molar-refractivity contribution in [3.05, 3.63) is 80.9 Å². The van der Waals surface area contributed by atoms with E-state index in [1.165, 1.54) is 40.5 Å². The molecule has 1 aliphatic rings. The number of carbonyl (C=O) groups is 3. The minimum Gasteiger partial charge on any atom is -0.377 e. The highest BCUT2D eigenvalue weighted by Gasteiger charge is 2.29. The maximum absolute atomic E-state index is 14.8. The van der Waals surface area contributed by atoms with Crippen LogP contribution in [0.5, 0.6) is 0 Å². The van der Waals surface area contributed by atoms with Crippen LogP contribution in [0, 0.1) is 19.7 Å². The molecule has 1 fully saturated rings. The fourth-order valence-electron chi connectivity index (χ4n) is 4.49. The number of nitrogens with zero attached hydrogens (tertiary/aromatic N) is 3. The summed E-state index contributed by atoms with van der Waals surface area (Å²) in [5.41, 5.74) is 1.46. The van der Waals surface area contributed by atoms with E-state index >= 15 is 0 Å². The van der Waals surface area contributed by atoms with Gasteiger partial charge in [0.05, 0.1) is 37.1 Å². The normalized spacial score (nSPS) is 12.4. The van der Waals surface area contributed by atoms with E-state index in [1.54, 1.807) is 51.4 Å². The summed E-state index contributed by atoms with van der Waals surface area (Å²) in [7, 11) is 4.55. The number of halogens is 1. The molecule has 11 heteroatoms. The minimum atomic E-state index is -0.565. The van der Waals surface area contributed by atoms with Gasteiger partial charge in [0.25, 0.3) is 11.5 Å². The number of hydrogen-bond donors (Lipinski definition) is 2. The van der Waals surface area contributed by atoms with Gasteiger partial charge in [-0.1, -0.05) is 32.0 Å². The summed E-state index contributed by atoms with van der Waals surface area (Å²) in [4.78, 5) is 54.6. The Kier molecular flexibility index (Phi) is 10.6. The summed E-state index contributed by atoms with van der Waals surface area (Å²) in [6.45, 7) is 8.21. The van der Waals surface area contributed by atoms with E-state index in [2.05, 4.69) is 10.6 Å². The Hall–Kier alpha value is -4.51. The number of nitrogens with one attached hydrogen (secondary N) is 2. The van der Waals surface area contributed by atoms with Crippen LogP contribution in [-0.4, -0.2) is 61.0 Å². The highest BCUT2D eigenvalue weighted by atomic mass is 19.1. The Bertz CT molecular complexity index is 1530. The van der Waals surface area contributed by atoms with Crippen molar-refractivity contribution >= 4 is 41.1 Å². The third-order valence-electron chi connectivity index (χ3n) is 6.69. The highest BCUT2D eigenvalue weighted by Crippen LogP contribution is 2.36. The lowest BCUT2D eigenvalue weighted by molar-refractivity contribution is -0.124. The smallest absolute Gasteiger partial charge is 0.259 e. The fraction of sp³-hybridized carbons (Fsp3) is 0.355. The average Bonchev–Trinajstić information content (AvgIpc) is 2.94. The molecular weight excluding hydrogens is 541 g/mol. The molecule has 0 bridgehead atoms. The zero-order valence-corrected chi connectivity index (χ0v) is 25.1. The molecular formula is C31H38FN5O5. The van der Waals surface area contributed by atoms with E-state index in [1.807, 2.05) is 13.8 Å². The summed E-state index contributed by atoms with van der Waals surface area (Å²) in [6.07, 6.45) is 0.574. The Balaban J connectivity index is 0.00000237. The first-order valence-electron chi connectivity index (χ1n) is 13.7. The van der Waals surface area contributed by atoms with Crippen LogP contribution in [0.3, 0.4) is 0 Å². The van der Waals surface area contributed by atoms with Crippen molar-refractivity contribution in [2.75, 3.05) is 37.5 Å². The summed E-state index contributed by atoms with van der Waals surface area (Å²) >= 11 is 0. The molecule has 3 aromatic rings. The molecule has 1 aliphatic heterocycles. The molecule has 0 radical (unpaired) electrons. The molecule has 0 atom stereocenters. The second-order valence-corrected chi connectivity index (χ2v) is 9.99. The summed E-state index contributed by atoms with van der Waals surface area (Å²) in [6, 6.07) is 11.3. The van der Waals surface area contributed by atoms with E-state index in [9.17, 15) is 23.6 Å². The van der Waals surface area contributed by atoms with Crippen molar-refractivity contribution in [2.24, 2.45) is 7.05 Å². The van der Waals surface area contributed by atoms with Gasteiger partial charge in [-0.2, -0.15) is 0 Å². The first-order valence-corrected chi connectivity index (χ1v) is 13.7. The van der Waals surface area contributed by atoms with Gasteiger partial charge in [0, 0.05) is 32.4 Å². The summed E-state index contributed by atoms with van der Waals surface area (Å²) < 4.78 is 21.1. The Labute approximate surface area is 245 Å². The second-order valence-electron chi connectivity index (χ2n) is 9.99. The van der Waals surface area contributed by atoms with E-state index in [0.29, 0.717) is 36.4 Å². The summed E-state index contributed by atoms with van der Waals surface area (Å²) in [5.74, 6) is -1.24. The Morgan fingerprint density at radius 3 is 2.38 bits per heavy atom. The molecule has 4 rings (SSSR count). The van der Waals surface area contributed by atoms with Crippen LogP contribution in [0.2, 0.25) is 0 Å². The number of ether oxygens (including phenoxy) is 1. The number of benzene rings is 2. The van der Waals surface area contributed by atoms with Gasteiger partial charge in [0.15, 0.2) is 0 Å². The van der Waals surface area contributed by atoms with E-state index < -0.39 is 17.3 Å². The van der Waals surface area contributed by atoms with Gasteiger partial charge < -0.3 is 20.3 Å². The molecule has 1 saturated heterocycles. The quantitative estimate of drug-likeness (QED) is 0.371. The SMILES string of the molecule is CC.Cc1ccc(Nc2c(C(=O)N(C)C)c(N(C=O)c3cccc(CC(=O)NC4COC4)c3)c(C)c(=O)n2C)c(F)c1. The molecule has 0 aliphatic carbocycles. The lowest BCUT2D eigenvalue weighted by atomic mass is 10.0. The van der Waals surface area contributed by atoms with Crippen LogP contribution in [0.15, 0.2) is 47.3 Å². The maximum atomic E-state index is 14.8. The molecule has 224 valence electrons. The van der Waals surface area contributed by atoms with Crippen molar-refractivity contribution in [3.63, 3.8) is 0 Å². The van der Waals surface area contributed by atoms with Crippen molar-refractivity contribution in [1.29, 1.82) is 0 Å². The van der Waals surface area contributed by atoms with E-state index in [4.69, 9.17) is 4.74 Å². The number of anilines is 4. The molecule has 3 amide bonds. The van der Waals surface area contributed by atoms with Crippen LogP contribution >= 0.6 is 0 Å². The monoisotopic (exact) mass is 579 g/mol. The van der Waals surface area contributed by atoms with Gasteiger partial charge in [0.2, 0.25) is 12.3 Å². The number of amides is 3. The van der Waals surface area contributed by atoms with Gasteiger partial charge in [-0.15, -0.1) is 0 Å². The number of hydrogen-bond acceptors (Lipinski definition) is 6. The molecule has 2 aromatic carbocycles. The van der Waals surface area contributed by atoms with Crippen molar-refractivity contribution in [2.45, 2.75) is 40.2 Å². The number of aryl methyl sites for hydroxylation is 1. The lowest BCUT2D eigenvalue weighted by Gasteiger charge is -2.28. The number of pyridine rings is 1. The summed E-state index contributed by atoms with van der Waals surface area (Å²) in [5, 5.41) is 5.79. The molecule has 0 unspecified atom stereocenters. The zero-order valence-electron chi connectivity index (χ0n) is 25.1. The predicted octanol–water partition coefficient (Wildman–Crippen LogP) is 3.96. The molecule has 2 N–H and O–H groups in total. The van der Waals surface area contributed by atoms with Gasteiger partial charge >= 0.3 is 0 Å². The van der Waals surface area contributed by atoms with Crippen LogP contribution in [0.25, 0.3) is 0 Å². The molecule has 2 heterocycles. The van der Waals surface area contributed by atoms with Crippen molar-refractivity contribution in [1.82, 2.24) is 14.8 Å². The number of rotatable bonds is 9. The van der Waals surface area contributed by atoms with Crippen LogP contribution in [0.4, 0.5) is 27.3 Å². The first kappa shape index (κ1) is 32.0. The third-order valence-corrected chi connectivity index (χ3v) is 6.69. The molecule has 0 saturated carbocycles. The van der Waals surface area contributed by atoms with Crippen LogP contribution in [0.1, 0.15) is 40.9 Å². The van der Waals surface area contributed by atoms with Gasteiger partial charge in [-0.05, 0) is 49.2 Å². The second kappa shape index (κ2) is 13.9. The first-order chi connectivity index (χ1) is 20.0. The van der Waals surface area contributed by atoms with Crippen molar-refractivity contribution in [3.8, 4) is 0 Å². The minimum absolute atomic E-state index is 0.00445. The predicted molar refractivity (Wildman–Crippen MR) is 161 cm³/mol. The van der Waals surface area contributed by atoms with Gasteiger partial charge in [0.1, 0.15) is 17.2 Å². The molecule has 10 nitrogen and oxygen atoms in total.